The highest BCUT2D eigenvalue weighted by atomic mass is 16.5. The molecule has 0 spiro atoms. The van der Waals surface area contributed by atoms with Crippen LogP contribution in [0.15, 0.2) is 36.7 Å². The van der Waals surface area contributed by atoms with Crippen molar-refractivity contribution in [1.29, 1.82) is 0 Å². The summed E-state index contributed by atoms with van der Waals surface area (Å²) >= 11 is 0. The second-order valence-electron chi connectivity index (χ2n) is 7.49. The van der Waals surface area contributed by atoms with E-state index in [0.29, 0.717) is 29.9 Å². The molecule has 4 rings (SSSR count). The van der Waals surface area contributed by atoms with Crippen LogP contribution < -0.4 is 10.6 Å². The summed E-state index contributed by atoms with van der Waals surface area (Å²) in [5.41, 5.74) is 3.38. The van der Waals surface area contributed by atoms with E-state index in [2.05, 4.69) is 15.6 Å². The monoisotopic (exact) mass is 407 g/mol. The fraction of sp³-hybridized carbons (Fsp3) is 0.364. The van der Waals surface area contributed by atoms with Crippen molar-refractivity contribution in [2.24, 2.45) is 13.0 Å². The van der Waals surface area contributed by atoms with Gasteiger partial charge in [-0.3, -0.25) is 14.6 Å². The molecule has 30 heavy (non-hydrogen) atoms. The first-order valence-corrected chi connectivity index (χ1v) is 10.1. The van der Waals surface area contributed by atoms with E-state index in [4.69, 9.17) is 9.72 Å². The Labute approximate surface area is 174 Å². The molecular weight excluding hydrogens is 382 g/mol. The molecule has 1 aliphatic carbocycles. The van der Waals surface area contributed by atoms with Gasteiger partial charge in [0, 0.05) is 50.1 Å². The van der Waals surface area contributed by atoms with Crippen LogP contribution in [0, 0.1) is 5.92 Å². The number of hydrogen-bond acceptors (Lipinski definition) is 5. The lowest BCUT2D eigenvalue weighted by Gasteiger charge is -2.24. The van der Waals surface area contributed by atoms with Gasteiger partial charge in [-0.1, -0.05) is 6.42 Å². The number of anilines is 1. The third kappa shape index (κ3) is 3.91. The van der Waals surface area contributed by atoms with Crippen molar-refractivity contribution in [3.63, 3.8) is 0 Å². The average molecular weight is 407 g/mol. The lowest BCUT2D eigenvalue weighted by atomic mass is 9.85. The molecule has 156 valence electrons. The maximum absolute atomic E-state index is 12.7. The molecule has 0 bridgehead atoms. The first kappa shape index (κ1) is 20.0. The van der Waals surface area contributed by atoms with Crippen LogP contribution in [0.5, 0.6) is 0 Å². The number of nitrogens with zero attached hydrogens (tertiary/aromatic N) is 3. The SMILES string of the molecule is COCCNC(=O)c1cc(NC(=O)C2CCC2)c2c(c1)nc(-c1ccncc1)n2C. The Morgan fingerprint density at radius 3 is 2.67 bits per heavy atom. The number of ether oxygens (including phenoxy) is 1. The molecule has 0 aliphatic heterocycles. The number of fused-ring (bicyclic) bond motifs is 1. The number of rotatable bonds is 7. The minimum Gasteiger partial charge on any atom is -0.383 e. The fourth-order valence-corrected chi connectivity index (χ4v) is 3.61. The molecule has 8 nitrogen and oxygen atoms in total. The molecule has 1 fully saturated rings. The largest absolute Gasteiger partial charge is 0.383 e. The zero-order valence-corrected chi connectivity index (χ0v) is 17.1. The van der Waals surface area contributed by atoms with Crippen LogP contribution in [0.1, 0.15) is 29.6 Å². The van der Waals surface area contributed by atoms with Gasteiger partial charge in [0.2, 0.25) is 5.91 Å². The zero-order chi connectivity index (χ0) is 21.1. The normalized spacial score (nSPS) is 13.8. The predicted octanol–water partition coefficient (Wildman–Crippen LogP) is 2.75. The van der Waals surface area contributed by atoms with Crippen LogP contribution in [0.25, 0.3) is 22.4 Å². The average Bonchev–Trinajstić information content (AvgIpc) is 3.04. The van der Waals surface area contributed by atoms with Crippen molar-refractivity contribution in [2.45, 2.75) is 19.3 Å². The predicted molar refractivity (Wildman–Crippen MR) is 114 cm³/mol. The van der Waals surface area contributed by atoms with Gasteiger partial charge in [0.15, 0.2) is 0 Å². The second kappa shape index (κ2) is 8.62. The van der Waals surface area contributed by atoms with Gasteiger partial charge in [0.05, 0.1) is 23.3 Å². The van der Waals surface area contributed by atoms with E-state index in [1.54, 1.807) is 31.6 Å². The van der Waals surface area contributed by atoms with E-state index in [1.807, 2.05) is 23.7 Å². The first-order valence-electron chi connectivity index (χ1n) is 10.1. The summed E-state index contributed by atoms with van der Waals surface area (Å²) < 4.78 is 6.93. The van der Waals surface area contributed by atoms with Crippen LogP contribution >= 0.6 is 0 Å². The van der Waals surface area contributed by atoms with E-state index < -0.39 is 0 Å². The lowest BCUT2D eigenvalue weighted by molar-refractivity contribution is -0.122. The van der Waals surface area contributed by atoms with Crippen LogP contribution in [-0.2, 0) is 16.6 Å². The first-order chi connectivity index (χ1) is 14.6. The molecule has 2 aromatic heterocycles. The molecule has 0 unspecified atom stereocenters. The van der Waals surface area contributed by atoms with Gasteiger partial charge in [-0.25, -0.2) is 4.98 Å². The minimum atomic E-state index is -0.232. The molecule has 1 saturated carbocycles. The summed E-state index contributed by atoms with van der Waals surface area (Å²) in [5.74, 6) is 0.533. The molecule has 1 aliphatic rings. The molecule has 0 atom stereocenters. The van der Waals surface area contributed by atoms with Gasteiger partial charge in [-0.2, -0.15) is 0 Å². The summed E-state index contributed by atoms with van der Waals surface area (Å²) in [6.07, 6.45) is 6.30. The molecule has 0 radical (unpaired) electrons. The zero-order valence-electron chi connectivity index (χ0n) is 17.1. The molecule has 1 aromatic carbocycles. The van der Waals surface area contributed by atoms with Crippen LogP contribution in [0.3, 0.4) is 0 Å². The Morgan fingerprint density at radius 2 is 2.00 bits per heavy atom. The number of aromatic nitrogens is 3. The number of carbonyl (C=O) groups excluding carboxylic acids is 2. The van der Waals surface area contributed by atoms with Crippen LogP contribution in [0.2, 0.25) is 0 Å². The van der Waals surface area contributed by atoms with Gasteiger partial charge in [0.25, 0.3) is 5.91 Å². The topological polar surface area (TPSA) is 98.1 Å². The number of aryl methyl sites for hydroxylation is 1. The van der Waals surface area contributed by atoms with Gasteiger partial charge >= 0.3 is 0 Å². The number of methoxy groups -OCH3 is 1. The van der Waals surface area contributed by atoms with Crippen molar-refractivity contribution < 1.29 is 14.3 Å². The van der Waals surface area contributed by atoms with Gasteiger partial charge < -0.3 is 19.9 Å². The highest BCUT2D eigenvalue weighted by molar-refractivity contribution is 6.06. The molecule has 2 heterocycles. The van der Waals surface area contributed by atoms with Crippen molar-refractivity contribution in [1.82, 2.24) is 19.9 Å². The molecule has 3 aromatic rings. The van der Waals surface area contributed by atoms with Gasteiger partial charge in [-0.05, 0) is 37.1 Å². The van der Waals surface area contributed by atoms with E-state index in [-0.39, 0.29) is 17.7 Å². The summed E-state index contributed by atoms with van der Waals surface area (Å²) in [6, 6.07) is 7.23. The third-order valence-electron chi connectivity index (χ3n) is 5.50. The molecule has 2 N–H and O–H groups in total. The van der Waals surface area contributed by atoms with Gasteiger partial charge in [-0.15, -0.1) is 0 Å². The smallest absolute Gasteiger partial charge is 0.251 e. The summed E-state index contributed by atoms with van der Waals surface area (Å²) in [4.78, 5) is 34.1. The fourth-order valence-electron chi connectivity index (χ4n) is 3.61. The van der Waals surface area contributed by atoms with Crippen LogP contribution in [-0.4, -0.2) is 46.6 Å². The summed E-state index contributed by atoms with van der Waals surface area (Å²) in [7, 11) is 3.49. The standard InChI is InChI=1S/C22H25N5O3/c1-27-19-17(25-20(27)14-6-8-23-9-7-14)12-16(21(28)24-10-11-30-2)13-18(19)26-22(29)15-4-3-5-15/h6-9,12-13,15H,3-5,10-11H2,1-2H3,(H,24,28)(H,26,29). The number of amides is 2. The summed E-state index contributed by atoms with van der Waals surface area (Å²) in [5, 5.41) is 5.86. The van der Waals surface area contributed by atoms with Crippen LogP contribution in [0.4, 0.5) is 5.69 Å². The van der Waals surface area contributed by atoms with Crippen molar-refractivity contribution in [3.8, 4) is 11.4 Å². The number of carbonyl (C=O) groups is 2. The molecular formula is C22H25N5O3. The molecule has 2 amide bonds. The maximum Gasteiger partial charge on any atom is 0.251 e. The molecule has 0 saturated heterocycles. The van der Waals surface area contributed by atoms with Crippen molar-refractivity contribution >= 4 is 28.5 Å². The van der Waals surface area contributed by atoms with E-state index in [1.165, 1.54) is 0 Å². The Balaban J connectivity index is 1.76. The lowest BCUT2D eigenvalue weighted by Crippen LogP contribution is -2.29. The van der Waals surface area contributed by atoms with Gasteiger partial charge in [0.1, 0.15) is 5.82 Å². The van der Waals surface area contributed by atoms with Crippen molar-refractivity contribution in [2.75, 3.05) is 25.6 Å². The summed E-state index contributed by atoms with van der Waals surface area (Å²) in [6.45, 7) is 0.830. The number of pyridine rings is 1. The Hall–Kier alpha value is -3.26. The second-order valence-corrected chi connectivity index (χ2v) is 7.49. The Morgan fingerprint density at radius 1 is 1.23 bits per heavy atom. The Bertz CT molecular complexity index is 1070. The minimum absolute atomic E-state index is 0.00819. The van der Waals surface area contributed by atoms with E-state index >= 15 is 0 Å². The highest BCUT2D eigenvalue weighted by Crippen LogP contribution is 2.32. The number of hydrogen-bond donors (Lipinski definition) is 2. The maximum atomic E-state index is 12.7. The Kier molecular flexibility index (Phi) is 5.76. The highest BCUT2D eigenvalue weighted by Gasteiger charge is 2.26. The number of imidazole rings is 1. The third-order valence-corrected chi connectivity index (χ3v) is 5.50. The van der Waals surface area contributed by atoms with E-state index in [9.17, 15) is 9.59 Å². The number of benzene rings is 1. The van der Waals surface area contributed by atoms with E-state index in [0.717, 1.165) is 36.2 Å². The van der Waals surface area contributed by atoms with Crippen molar-refractivity contribution in [3.05, 3.63) is 42.2 Å². The number of nitrogens with one attached hydrogen (secondary N) is 2. The molecule has 8 heteroatoms. The quantitative estimate of drug-likeness (QED) is 0.587.